The molecule has 0 saturated carbocycles. The van der Waals surface area contributed by atoms with E-state index in [1.807, 2.05) is 30.3 Å². The molecule has 2 aliphatic heterocycles. The first kappa shape index (κ1) is 14.8. The fraction of sp³-hybridized carbons (Fsp3) is 0.529. The number of benzene rings is 1. The number of nitrogens with zero attached hydrogens (tertiary/aromatic N) is 3. The van der Waals surface area contributed by atoms with Gasteiger partial charge in [0.15, 0.2) is 12.1 Å². The van der Waals surface area contributed by atoms with Crippen LogP contribution in [0.3, 0.4) is 0 Å². The molecule has 4 rings (SSSR count). The second-order valence-electron chi connectivity index (χ2n) is 6.18. The molecule has 0 aliphatic carbocycles. The maximum atomic E-state index is 5.56. The number of likely N-dealkylation sites (tertiary alicyclic amines) is 1. The summed E-state index contributed by atoms with van der Waals surface area (Å²) in [6.45, 7) is 4.34. The van der Waals surface area contributed by atoms with Gasteiger partial charge in [-0.3, -0.25) is 10.00 Å². The second-order valence-corrected chi connectivity index (χ2v) is 6.18. The van der Waals surface area contributed by atoms with Crippen molar-refractivity contribution in [3.63, 3.8) is 0 Å². The minimum absolute atomic E-state index is 0.0663. The molecular formula is C17H22N4O2. The van der Waals surface area contributed by atoms with E-state index in [0.717, 1.165) is 43.3 Å². The van der Waals surface area contributed by atoms with Crippen LogP contribution in [0.25, 0.3) is 11.4 Å². The molecule has 0 radical (unpaired) electrons. The van der Waals surface area contributed by atoms with E-state index in [1.165, 1.54) is 6.42 Å². The van der Waals surface area contributed by atoms with Crippen molar-refractivity contribution in [1.82, 2.24) is 20.1 Å². The molecule has 2 saturated heterocycles. The van der Waals surface area contributed by atoms with Crippen molar-refractivity contribution in [2.24, 2.45) is 0 Å². The van der Waals surface area contributed by atoms with Crippen molar-refractivity contribution < 1.29 is 9.47 Å². The SMILES string of the molecule is c1ccc(-c2n[nH]c([C@H]3CCCN(CC4OCCO4)C3)n2)cc1. The summed E-state index contributed by atoms with van der Waals surface area (Å²) in [5, 5.41) is 7.52. The summed E-state index contributed by atoms with van der Waals surface area (Å²) in [4.78, 5) is 7.13. The van der Waals surface area contributed by atoms with Crippen molar-refractivity contribution in [3.05, 3.63) is 36.2 Å². The molecule has 0 bridgehead atoms. The van der Waals surface area contributed by atoms with Gasteiger partial charge in [-0.15, -0.1) is 0 Å². The van der Waals surface area contributed by atoms with E-state index in [4.69, 9.17) is 14.5 Å². The molecule has 1 N–H and O–H groups in total. The third kappa shape index (κ3) is 3.44. The lowest BCUT2D eigenvalue weighted by Gasteiger charge is -2.32. The fourth-order valence-corrected chi connectivity index (χ4v) is 3.34. The standard InChI is InChI=1S/C17H22N4O2/c1-2-5-13(6-3-1)16-18-17(20-19-16)14-7-4-8-21(11-14)12-15-22-9-10-23-15/h1-3,5-6,14-15H,4,7-12H2,(H,18,19,20)/t14-/m0/s1. The summed E-state index contributed by atoms with van der Waals surface area (Å²) >= 11 is 0. The maximum absolute atomic E-state index is 5.56. The molecule has 2 fully saturated rings. The van der Waals surface area contributed by atoms with E-state index in [2.05, 4.69) is 15.1 Å². The van der Waals surface area contributed by atoms with Crippen LogP contribution >= 0.6 is 0 Å². The van der Waals surface area contributed by atoms with Gasteiger partial charge in [-0.2, -0.15) is 5.10 Å². The Balaban J connectivity index is 1.42. The Kier molecular flexibility index (Phi) is 4.37. The maximum Gasteiger partial charge on any atom is 0.181 e. The lowest BCUT2D eigenvalue weighted by molar-refractivity contribution is -0.0653. The fourth-order valence-electron chi connectivity index (χ4n) is 3.34. The minimum Gasteiger partial charge on any atom is -0.349 e. The summed E-state index contributed by atoms with van der Waals surface area (Å²) in [5.41, 5.74) is 1.05. The topological polar surface area (TPSA) is 63.3 Å². The molecule has 122 valence electrons. The number of nitrogens with one attached hydrogen (secondary N) is 1. The highest BCUT2D eigenvalue weighted by Gasteiger charge is 2.27. The molecule has 3 heterocycles. The largest absolute Gasteiger partial charge is 0.349 e. The van der Waals surface area contributed by atoms with Crippen LogP contribution in [-0.2, 0) is 9.47 Å². The zero-order chi connectivity index (χ0) is 15.5. The normalized spacial score (nSPS) is 23.4. The third-order valence-electron chi connectivity index (χ3n) is 4.52. The molecule has 0 spiro atoms. The number of ether oxygens (including phenoxy) is 2. The average Bonchev–Trinajstić information content (AvgIpc) is 3.28. The van der Waals surface area contributed by atoms with Gasteiger partial charge in [0.25, 0.3) is 0 Å². The van der Waals surface area contributed by atoms with E-state index in [-0.39, 0.29) is 6.29 Å². The Labute approximate surface area is 135 Å². The van der Waals surface area contributed by atoms with E-state index in [9.17, 15) is 0 Å². The van der Waals surface area contributed by atoms with Gasteiger partial charge in [0.1, 0.15) is 5.82 Å². The number of piperidine rings is 1. The molecule has 1 aromatic carbocycles. The van der Waals surface area contributed by atoms with Crippen molar-refractivity contribution in [3.8, 4) is 11.4 Å². The van der Waals surface area contributed by atoms with E-state index in [1.54, 1.807) is 0 Å². The van der Waals surface area contributed by atoms with Crippen LogP contribution in [0.2, 0.25) is 0 Å². The van der Waals surface area contributed by atoms with E-state index in [0.29, 0.717) is 19.1 Å². The van der Waals surface area contributed by atoms with Crippen LogP contribution in [0.5, 0.6) is 0 Å². The summed E-state index contributed by atoms with van der Waals surface area (Å²) in [5.74, 6) is 2.16. The van der Waals surface area contributed by atoms with Crippen molar-refractivity contribution in [1.29, 1.82) is 0 Å². The highest BCUT2D eigenvalue weighted by Crippen LogP contribution is 2.26. The first-order chi connectivity index (χ1) is 11.4. The first-order valence-corrected chi connectivity index (χ1v) is 8.32. The third-order valence-corrected chi connectivity index (χ3v) is 4.52. The van der Waals surface area contributed by atoms with Crippen molar-refractivity contribution >= 4 is 0 Å². The predicted molar refractivity (Wildman–Crippen MR) is 85.9 cm³/mol. The van der Waals surface area contributed by atoms with Gasteiger partial charge < -0.3 is 9.47 Å². The number of rotatable bonds is 4. The highest BCUT2D eigenvalue weighted by molar-refractivity contribution is 5.53. The number of H-pyrrole nitrogens is 1. The quantitative estimate of drug-likeness (QED) is 0.935. The van der Waals surface area contributed by atoms with Crippen LogP contribution in [-0.4, -0.2) is 59.2 Å². The molecule has 0 unspecified atom stereocenters. The van der Waals surface area contributed by atoms with E-state index < -0.39 is 0 Å². The molecular weight excluding hydrogens is 292 g/mol. The van der Waals surface area contributed by atoms with E-state index >= 15 is 0 Å². The van der Waals surface area contributed by atoms with Crippen molar-refractivity contribution in [2.45, 2.75) is 25.0 Å². The molecule has 23 heavy (non-hydrogen) atoms. The molecule has 0 amide bonds. The number of hydrogen-bond donors (Lipinski definition) is 1. The van der Waals surface area contributed by atoms with Gasteiger partial charge in [0, 0.05) is 24.6 Å². The molecule has 2 aliphatic rings. The van der Waals surface area contributed by atoms with Crippen molar-refractivity contribution in [2.75, 3.05) is 32.8 Å². The lowest BCUT2D eigenvalue weighted by atomic mass is 9.97. The Morgan fingerprint density at radius 1 is 1.17 bits per heavy atom. The van der Waals surface area contributed by atoms with Gasteiger partial charge in [-0.05, 0) is 19.4 Å². The smallest absolute Gasteiger partial charge is 0.181 e. The molecule has 1 atom stereocenters. The van der Waals surface area contributed by atoms with Crippen LogP contribution in [0.1, 0.15) is 24.6 Å². The first-order valence-electron chi connectivity index (χ1n) is 8.32. The summed E-state index contributed by atoms with van der Waals surface area (Å²) in [6, 6.07) is 10.1. The highest BCUT2D eigenvalue weighted by atomic mass is 16.7. The zero-order valence-corrected chi connectivity index (χ0v) is 13.1. The Bertz CT molecular complexity index is 625. The van der Waals surface area contributed by atoms with Gasteiger partial charge in [0.2, 0.25) is 0 Å². The van der Waals surface area contributed by atoms with Crippen LogP contribution in [0, 0.1) is 0 Å². The Morgan fingerprint density at radius 2 is 2.00 bits per heavy atom. The second kappa shape index (κ2) is 6.78. The van der Waals surface area contributed by atoms with Crippen LogP contribution in [0.15, 0.2) is 30.3 Å². The van der Waals surface area contributed by atoms with Gasteiger partial charge in [-0.1, -0.05) is 30.3 Å². The molecule has 6 nitrogen and oxygen atoms in total. The van der Waals surface area contributed by atoms with Crippen LogP contribution in [0.4, 0.5) is 0 Å². The summed E-state index contributed by atoms with van der Waals surface area (Å²) in [6.07, 6.45) is 2.24. The number of aromatic amines is 1. The molecule has 1 aromatic heterocycles. The van der Waals surface area contributed by atoms with Gasteiger partial charge in [0.05, 0.1) is 13.2 Å². The van der Waals surface area contributed by atoms with Gasteiger partial charge >= 0.3 is 0 Å². The number of hydrogen-bond acceptors (Lipinski definition) is 5. The minimum atomic E-state index is -0.0663. The zero-order valence-electron chi connectivity index (χ0n) is 13.1. The number of aromatic nitrogens is 3. The lowest BCUT2D eigenvalue weighted by Crippen LogP contribution is -2.40. The Hall–Kier alpha value is -1.76. The Morgan fingerprint density at radius 3 is 2.83 bits per heavy atom. The van der Waals surface area contributed by atoms with Crippen LogP contribution < -0.4 is 0 Å². The summed E-state index contributed by atoms with van der Waals surface area (Å²) < 4.78 is 11.1. The monoisotopic (exact) mass is 314 g/mol. The predicted octanol–water partition coefficient (Wildman–Crippen LogP) is 2.02. The van der Waals surface area contributed by atoms with Gasteiger partial charge in [-0.25, -0.2) is 4.98 Å². The molecule has 6 heteroatoms. The summed E-state index contributed by atoms with van der Waals surface area (Å²) in [7, 11) is 0. The molecule has 2 aromatic rings. The average molecular weight is 314 g/mol.